The summed E-state index contributed by atoms with van der Waals surface area (Å²) in [6.45, 7) is 4.56. The number of aromatic carboxylic acids is 2. The Morgan fingerprint density at radius 1 is 0.500 bits per heavy atom. The molecule has 3 heterocycles. The summed E-state index contributed by atoms with van der Waals surface area (Å²) < 4.78 is 2.95. The molecule has 1 saturated heterocycles. The second kappa shape index (κ2) is 20.5. The molecule has 0 bridgehead atoms. The molecule has 4 N–H and O–H groups in total. The number of benzene rings is 6. The number of hydrogen-bond donors (Lipinski definition) is 4. The van der Waals surface area contributed by atoms with Crippen molar-refractivity contribution < 1.29 is 19.8 Å². The Morgan fingerprint density at radius 2 is 0.839 bits per heavy atom. The Morgan fingerprint density at radius 3 is 1.18 bits per heavy atom. The molecule has 1 aliphatic rings. The lowest BCUT2D eigenvalue weighted by atomic mass is 10.2. The van der Waals surface area contributed by atoms with Gasteiger partial charge in [-0.25, -0.2) is 19.6 Å². The average molecular weight is 904 g/mol. The zero-order valence-electron chi connectivity index (χ0n) is 32.6. The van der Waals surface area contributed by atoms with Gasteiger partial charge < -0.3 is 20.8 Å². The van der Waals surface area contributed by atoms with Crippen LogP contribution in [0, 0.1) is 0 Å². The van der Waals surface area contributed by atoms with Crippen LogP contribution in [0.4, 0.5) is 0 Å². The number of hydrogen-bond acceptors (Lipinski definition) is 10. The van der Waals surface area contributed by atoms with Gasteiger partial charge in [-0.2, -0.15) is 0 Å². The number of nitrogens with zero attached hydrogens (tertiary/aromatic N) is 4. The number of para-hydroxylation sites is 2. The number of halogens is 2. The third-order valence-electron chi connectivity index (χ3n) is 9.27. The van der Waals surface area contributed by atoms with Gasteiger partial charge >= 0.3 is 11.9 Å². The van der Waals surface area contributed by atoms with Crippen LogP contribution in [0.25, 0.3) is 33.2 Å². The van der Waals surface area contributed by atoms with E-state index in [1.807, 2.05) is 48.5 Å². The summed E-state index contributed by atoms with van der Waals surface area (Å²) in [5.41, 5.74) is 2.05. The van der Waals surface area contributed by atoms with E-state index in [0.717, 1.165) is 36.0 Å². The Bertz CT molecular complexity index is 2810. The molecule has 0 radical (unpaired) electrons. The highest BCUT2D eigenvalue weighted by atomic mass is 35.5. The maximum absolute atomic E-state index is 13.2. The summed E-state index contributed by atoms with van der Waals surface area (Å²) in [6, 6.07) is 41.1. The smallest absolute Gasteiger partial charge is 0.335 e. The number of carboxylic acids is 2. The zero-order chi connectivity index (χ0) is 43.6. The van der Waals surface area contributed by atoms with E-state index in [0.29, 0.717) is 53.5 Å². The van der Waals surface area contributed by atoms with Gasteiger partial charge in [0, 0.05) is 36.0 Å². The standard InChI is InChI=1S/2C21H13ClN2O3S.C4H10N2/c2*22-16-6-2-4-8-18(16)28-21-23-17-7-3-1-5-15(17)19(25)24(21)14-11-9-13(10-12-14)20(26)27;1-2-6-4-3-5-1/h2*1-12H,(H,26,27);5-6H,1-4H2. The summed E-state index contributed by atoms with van der Waals surface area (Å²) >= 11 is 15.1. The van der Waals surface area contributed by atoms with E-state index in [1.165, 1.54) is 56.9 Å². The van der Waals surface area contributed by atoms with Crippen LogP contribution >= 0.6 is 46.7 Å². The van der Waals surface area contributed by atoms with E-state index >= 15 is 0 Å². The molecule has 2 aromatic heterocycles. The minimum Gasteiger partial charge on any atom is -0.478 e. The molecule has 0 amide bonds. The molecule has 0 saturated carbocycles. The van der Waals surface area contributed by atoms with Gasteiger partial charge in [-0.1, -0.05) is 71.7 Å². The van der Waals surface area contributed by atoms with Gasteiger partial charge in [0.2, 0.25) is 0 Å². The Hall–Kier alpha value is -6.26. The van der Waals surface area contributed by atoms with E-state index in [-0.39, 0.29) is 22.2 Å². The van der Waals surface area contributed by atoms with Gasteiger partial charge in [0.1, 0.15) is 0 Å². The second-order valence-corrected chi connectivity index (χ2v) is 16.2. The molecule has 312 valence electrons. The molecule has 0 unspecified atom stereocenters. The van der Waals surface area contributed by atoms with Crippen molar-refractivity contribution in [3.63, 3.8) is 0 Å². The number of fused-ring (bicyclic) bond motifs is 2. The average Bonchev–Trinajstić information content (AvgIpc) is 3.29. The van der Waals surface area contributed by atoms with Gasteiger partial charge in [-0.15, -0.1) is 0 Å². The highest BCUT2D eigenvalue weighted by Crippen LogP contribution is 2.34. The molecule has 12 nitrogen and oxygen atoms in total. The van der Waals surface area contributed by atoms with Crippen LogP contribution in [0.3, 0.4) is 0 Å². The minimum atomic E-state index is -1.03. The predicted octanol–water partition coefficient (Wildman–Crippen LogP) is 8.96. The van der Waals surface area contributed by atoms with Gasteiger partial charge in [-0.05, 0) is 121 Å². The number of rotatable bonds is 8. The first-order valence-corrected chi connectivity index (χ1v) is 21.4. The van der Waals surface area contributed by atoms with E-state index in [1.54, 1.807) is 72.8 Å². The summed E-state index contributed by atoms with van der Waals surface area (Å²) in [6.07, 6.45) is 0. The first kappa shape index (κ1) is 43.8. The van der Waals surface area contributed by atoms with Gasteiger partial charge in [0.05, 0.1) is 54.4 Å². The van der Waals surface area contributed by atoms with Crippen LogP contribution in [0.15, 0.2) is 175 Å². The lowest BCUT2D eigenvalue weighted by Gasteiger charge is -2.14. The van der Waals surface area contributed by atoms with Crippen molar-refractivity contribution in [1.82, 2.24) is 29.7 Å². The van der Waals surface area contributed by atoms with Crippen LogP contribution in [0.5, 0.6) is 0 Å². The highest BCUT2D eigenvalue weighted by molar-refractivity contribution is 7.99. The molecular weight excluding hydrogens is 868 g/mol. The largest absolute Gasteiger partial charge is 0.478 e. The lowest BCUT2D eigenvalue weighted by Crippen LogP contribution is -2.39. The fraction of sp³-hybridized carbons (Fsp3) is 0.0870. The molecule has 0 aliphatic carbocycles. The maximum atomic E-state index is 13.2. The van der Waals surface area contributed by atoms with Gasteiger partial charge in [0.15, 0.2) is 10.3 Å². The molecule has 8 aromatic rings. The van der Waals surface area contributed by atoms with Crippen molar-refractivity contribution in [2.24, 2.45) is 0 Å². The molecule has 1 aliphatic heterocycles. The predicted molar refractivity (Wildman–Crippen MR) is 245 cm³/mol. The fourth-order valence-electron chi connectivity index (χ4n) is 6.18. The quantitative estimate of drug-likeness (QED) is 0.107. The molecule has 0 atom stereocenters. The number of nitrogens with one attached hydrogen (secondary N) is 2. The maximum Gasteiger partial charge on any atom is 0.335 e. The van der Waals surface area contributed by atoms with Crippen molar-refractivity contribution in [2.75, 3.05) is 26.2 Å². The summed E-state index contributed by atoms with van der Waals surface area (Å²) in [7, 11) is 0. The molecule has 9 rings (SSSR count). The zero-order valence-corrected chi connectivity index (χ0v) is 35.7. The summed E-state index contributed by atoms with van der Waals surface area (Å²) in [4.78, 5) is 59.5. The van der Waals surface area contributed by atoms with Crippen LogP contribution < -0.4 is 21.8 Å². The summed E-state index contributed by atoms with van der Waals surface area (Å²) in [5, 5.41) is 27.7. The summed E-state index contributed by atoms with van der Waals surface area (Å²) in [5.74, 6) is -2.05. The van der Waals surface area contributed by atoms with Crippen molar-refractivity contribution in [3.05, 3.63) is 187 Å². The topological polar surface area (TPSA) is 168 Å². The van der Waals surface area contributed by atoms with E-state index < -0.39 is 11.9 Å². The molecule has 6 aromatic carbocycles. The van der Waals surface area contributed by atoms with Crippen molar-refractivity contribution in [1.29, 1.82) is 0 Å². The monoisotopic (exact) mass is 902 g/mol. The van der Waals surface area contributed by atoms with Gasteiger partial charge in [-0.3, -0.25) is 18.7 Å². The van der Waals surface area contributed by atoms with Crippen LogP contribution in [0.1, 0.15) is 20.7 Å². The van der Waals surface area contributed by atoms with Crippen LogP contribution in [-0.2, 0) is 0 Å². The Labute approximate surface area is 373 Å². The third-order valence-corrected chi connectivity index (χ3v) is 12.2. The first-order chi connectivity index (χ1) is 30.1. The van der Waals surface area contributed by atoms with Gasteiger partial charge in [0.25, 0.3) is 11.1 Å². The third kappa shape index (κ3) is 10.4. The highest BCUT2D eigenvalue weighted by Gasteiger charge is 2.18. The molecule has 1 fully saturated rings. The molecular formula is C46H36Cl2N6O6S2. The van der Waals surface area contributed by atoms with Crippen LogP contribution in [-0.4, -0.2) is 67.4 Å². The Kier molecular flexibility index (Phi) is 14.5. The van der Waals surface area contributed by atoms with Crippen molar-refractivity contribution in [3.8, 4) is 11.4 Å². The van der Waals surface area contributed by atoms with E-state index in [4.69, 9.17) is 33.4 Å². The van der Waals surface area contributed by atoms with Crippen molar-refractivity contribution in [2.45, 2.75) is 20.1 Å². The second-order valence-electron chi connectivity index (χ2n) is 13.4. The fourth-order valence-corrected chi connectivity index (χ4v) is 8.55. The molecule has 62 heavy (non-hydrogen) atoms. The number of aromatic nitrogens is 4. The molecule has 0 spiro atoms. The first-order valence-electron chi connectivity index (χ1n) is 19.1. The number of carbonyl (C=O) groups is 2. The van der Waals surface area contributed by atoms with E-state index in [2.05, 4.69) is 20.6 Å². The minimum absolute atomic E-state index is 0.144. The number of piperazine rings is 1. The normalized spacial score (nSPS) is 12.2. The van der Waals surface area contributed by atoms with E-state index in [9.17, 15) is 19.2 Å². The van der Waals surface area contributed by atoms with Crippen LogP contribution in [0.2, 0.25) is 10.0 Å². The SMILES string of the molecule is C1CNCCN1.O=C(O)c1ccc(-n2c(Sc3ccccc3Cl)nc3ccccc3c2=O)cc1.O=C(O)c1ccc(-n2c(Sc3ccccc3Cl)nc3ccccc3c2=O)cc1. The number of carboxylic acid groups (broad SMARTS) is 2. The lowest BCUT2D eigenvalue weighted by molar-refractivity contribution is 0.0686. The Balaban J connectivity index is 0.000000164. The van der Waals surface area contributed by atoms with Crippen molar-refractivity contribution >= 4 is 80.5 Å². The molecule has 16 heteroatoms.